The molecule has 1 atom stereocenters. The zero-order valence-corrected chi connectivity index (χ0v) is 22.8. The summed E-state index contributed by atoms with van der Waals surface area (Å²) in [6.07, 6.45) is 0.859. The summed E-state index contributed by atoms with van der Waals surface area (Å²) in [7, 11) is 0. The topological polar surface area (TPSA) is 153 Å². The summed E-state index contributed by atoms with van der Waals surface area (Å²) in [4.78, 5) is 9.07. The standard InChI is InChI=1S/C29H26ClN5O3S/c1-2-25-24(34-28(38-25)19-8-10-20(30)11-9-19)16-39-29-23(14-32)26(22(13-31)27(33)35-29)18-6-3-17(4-7-18)5-12-21(37)15-36/h3-4,6-11,21,36-37H,2,5,12,15-16H2,1H3,(H2,33,35)/t21-/m0/s1. The highest BCUT2D eigenvalue weighted by molar-refractivity contribution is 7.98. The number of oxazole rings is 1. The highest BCUT2D eigenvalue weighted by Crippen LogP contribution is 2.37. The highest BCUT2D eigenvalue weighted by atomic mass is 35.5. The van der Waals surface area contributed by atoms with Crippen LogP contribution >= 0.6 is 23.4 Å². The van der Waals surface area contributed by atoms with Crippen molar-refractivity contribution in [2.75, 3.05) is 12.3 Å². The van der Waals surface area contributed by atoms with Crippen molar-refractivity contribution >= 4 is 29.2 Å². The van der Waals surface area contributed by atoms with Crippen LogP contribution in [-0.2, 0) is 18.6 Å². The van der Waals surface area contributed by atoms with Crippen LogP contribution in [0.25, 0.3) is 22.6 Å². The molecule has 8 nitrogen and oxygen atoms in total. The van der Waals surface area contributed by atoms with E-state index in [1.54, 1.807) is 12.1 Å². The van der Waals surface area contributed by atoms with Gasteiger partial charge < -0.3 is 20.4 Å². The second kappa shape index (κ2) is 12.8. The van der Waals surface area contributed by atoms with Gasteiger partial charge in [-0.1, -0.05) is 54.6 Å². The molecule has 4 N–H and O–H groups in total. The van der Waals surface area contributed by atoms with E-state index in [-0.39, 0.29) is 23.6 Å². The van der Waals surface area contributed by atoms with Gasteiger partial charge in [-0.05, 0) is 48.2 Å². The van der Waals surface area contributed by atoms with Crippen LogP contribution < -0.4 is 5.73 Å². The van der Waals surface area contributed by atoms with Gasteiger partial charge in [-0.3, -0.25) is 0 Å². The average Bonchev–Trinajstić information content (AvgIpc) is 3.38. The fraction of sp³-hybridized carbons (Fsp3) is 0.241. The van der Waals surface area contributed by atoms with Crippen molar-refractivity contribution in [2.24, 2.45) is 0 Å². The molecule has 0 unspecified atom stereocenters. The predicted molar refractivity (Wildman–Crippen MR) is 151 cm³/mol. The monoisotopic (exact) mass is 559 g/mol. The highest BCUT2D eigenvalue weighted by Gasteiger charge is 2.22. The van der Waals surface area contributed by atoms with Crippen molar-refractivity contribution < 1.29 is 14.6 Å². The second-order valence-electron chi connectivity index (χ2n) is 8.76. The molecule has 0 spiro atoms. The summed E-state index contributed by atoms with van der Waals surface area (Å²) in [5.74, 6) is 1.65. The van der Waals surface area contributed by atoms with E-state index in [0.717, 1.165) is 22.6 Å². The Labute approximate surface area is 235 Å². The number of nitriles is 2. The van der Waals surface area contributed by atoms with Crippen molar-refractivity contribution in [3.05, 3.63) is 81.7 Å². The smallest absolute Gasteiger partial charge is 0.226 e. The van der Waals surface area contributed by atoms with Crippen LogP contribution in [0.4, 0.5) is 5.82 Å². The van der Waals surface area contributed by atoms with E-state index in [0.29, 0.717) is 52.1 Å². The van der Waals surface area contributed by atoms with Gasteiger partial charge in [0, 0.05) is 28.3 Å². The summed E-state index contributed by atoms with van der Waals surface area (Å²) < 4.78 is 5.99. The summed E-state index contributed by atoms with van der Waals surface area (Å²) in [6, 6.07) is 18.9. The third kappa shape index (κ3) is 6.42. The Balaban J connectivity index is 1.65. The molecule has 4 aromatic rings. The van der Waals surface area contributed by atoms with E-state index >= 15 is 0 Å². The summed E-state index contributed by atoms with van der Waals surface area (Å²) in [5, 5.41) is 39.6. The molecule has 2 aromatic heterocycles. The predicted octanol–water partition coefficient (Wildman–Crippen LogP) is 5.52. The molecule has 0 radical (unpaired) electrons. The number of aryl methyl sites for hydroxylation is 2. The first-order valence-corrected chi connectivity index (χ1v) is 13.6. The maximum atomic E-state index is 10.1. The first-order chi connectivity index (χ1) is 18.9. The van der Waals surface area contributed by atoms with Crippen molar-refractivity contribution in [3.63, 3.8) is 0 Å². The van der Waals surface area contributed by atoms with Crippen LogP contribution in [0.2, 0.25) is 5.02 Å². The number of pyridine rings is 1. The quantitative estimate of drug-likeness (QED) is 0.213. The van der Waals surface area contributed by atoms with Gasteiger partial charge in [-0.25, -0.2) is 9.97 Å². The SMILES string of the molecule is CCc1oc(-c2ccc(Cl)cc2)nc1CSc1nc(N)c(C#N)c(-c2ccc(CC[C@H](O)CO)cc2)c1C#N. The zero-order chi connectivity index (χ0) is 27.9. The third-order valence-corrected chi connectivity index (χ3v) is 7.41. The molecule has 39 heavy (non-hydrogen) atoms. The van der Waals surface area contributed by atoms with Crippen LogP contribution in [0, 0.1) is 22.7 Å². The first-order valence-electron chi connectivity index (χ1n) is 12.3. The Kier molecular flexibility index (Phi) is 9.23. The van der Waals surface area contributed by atoms with E-state index in [1.807, 2.05) is 43.3 Å². The van der Waals surface area contributed by atoms with Gasteiger partial charge in [0.2, 0.25) is 5.89 Å². The maximum Gasteiger partial charge on any atom is 0.226 e. The molecular formula is C29H26ClN5O3S. The molecule has 0 fully saturated rings. The Morgan fingerprint density at radius 2 is 1.69 bits per heavy atom. The van der Waals surface area contributed by atoms with Gasteiger partial charge in [0.1, 0.15) is 34.3 Å². The number of aromatic nitrogens is 2. The molecule has 2 aromatic carbocycles. The number of anilines is 1. The van der Waals surface area contributed by atoms with Crippen molar-refractivity contribution in [1.82, 2.24) is 9.97 Å². The lowest BCUT2D eigenvalue weighted by molar-refractivity contribution is 0.0886. The van der Waals surface area contributed by atoms with Crippen LogP contribution in [-0.4, -0.2) is 32.9 Å². The minimum absolute atomic E-state index is 0.0434. The van der Waals surface area contributed by atoms with E-state index < -0.39 is 6.10 Å². The minimum atomic E-state index is -0.778. The fourth-order valence-corrected chi connectivity index (χ4v) is 5.16. The molecule has 0 saturated heterocycles. The van der Waals surface area contributed by atoms with Crippen LogP contribution in [0.15, 0.2) is 58.0 Å². The first kappa shape index (κ1) is 28.2. The molecule has 4 rings (SSSR count). The van der Waals surface area contributed by atoms with Gasteiger partial charge in [-0.2, -0.15) is 10.5 Å². The van der Waals surface area contributed by atoms with Crippen molar-refractivity contribution in [3.8, 4) is 34.7 Å². The van der Waals surface area contributed by atoms with Crippen LogP contribution in [0.5, 0.6) is 0 Å². The number of hydrogen-bond donors (Lipinski definition) is 3. The molecule has 198 valence electrons. The maximum absolute atomic E-state index is 10.1. The van der Waals surface area contributed by atoms with Gasteiger partial charge in [-0.15, -0.1) is 0 Å². The molecule has 0 aliphatic heterocycles. The molecule has 2 heterocycles. The van der Waals surface area contributed by atoms with Crippen LogP contribution in [0.3, 0.4) is 0 Å². The average molecular weight is 560 g/mol. The number of hydrogen-bond acceptors (Lipinski definition) is 9. The second-order valence-corrected chi connectivity index (χ2v) is 10.2. The van der Waals surface area contributed by atoms with E-state index in [4.69, 9.17) is 26.9 Å². The van der Waals surface area contributed by atoms with E-state index in [1.165, 1.54) is 11.8 Å². The number of aliphatic hydroxyl groups excluding tert-OH is 2. The van der Waals surface area contributed by atoms with Gasteiger partial charge in [0.25, 0.3) is 0 Å². The Morgan fingerprint density at radius 3 is 2.31 bits per heavy atom. The molecule has 0 saturated carbocycles. The fourth-order valence-electron chi connectivity index (χ4n) is 4.08. The minimum Gasteiger partial charge on any atom is -0.441 e. The molecule has 0 bridgehead atoms. The van der Waals surface area contributed by atoms with E-state index in [9.17, 15) is 15.6 Å². The molecular weight excluding hydrogens is 534 g/mol. The Morgan fingerprint density at radius 1 is 1.03 bits per heavy atom. The number of nitrogens with zero attached hydrogens (tertiary/aromatic N) is 4. The largest absolute Gasteiger partial charge is 0.441 e. The normalized spacial score (nSPS) is 11.6. The zero-order valence-electron chi connectivity index (χ0n) is 21.2. The van der Waals surface area contributed by atoms with Crippen molar-refractivity contribution in [1.29, 1.82) is 10.5 Å². The number of halogens is 1. The molecule has 0 amide bonds. The third-order valence-electron chi connectivity index (χ3n) is 6.17. The summed E-state index contributed by atoms with van der Waals surface area (Å²) in [5.41, 5.74) is 10.2. The molecule has 0 aliphatic rings. The Hall–Kier alpha value is -3.86. The Bertz CT molecular complexity index is 1540. The lowest BCUT2D eigenvalue weighted by Gasteiger charge is -2.13. The van der Waals surface area contributed by atoms with E-state index in [2.05, 4.69) is 22.1 Å². The van der Waals surface area contributed by atoms with Gasteiger partial charge in [0.05, 0.1) is 24.0 Å². The number of nitrogen functional groups attached to an aromatic ring is 1. The number of nitrogens with two attached hydrogens (primary N) is 1. The van der Waals surface area contributed by atoms with Gasteiger partial charge >= 0.3 is 0 Å². The molecule has 0 aliphatic carbocycles. The number of benzene rings is 2. The number of thioether (sulfide) groups is 1. The summed E-state index contributed by atoms with van der Waals surface area (Å²) in [6.45, 7) is 1.69. The number of aliphatic hydroxyl groups is 2. The van der Waals surface area contributed by atoms with Gasteiger partial charge in [0.15, 0.2) is 0 Å². The van der Waals surface area contributed by atoms with Crippen molar-refractivity contribution in [2.45, 2.75) is 43.1 Å². The van der Waals surface area contributed by atoms with Crippen LogP contribution in [0.1, 0.15) is 41.5 Å². The lowest BCUT2D eigenvalue weighted by Crippen LogP contribution is -2.12. The molecule has 10 heteroatoms. The lowest BCUT2D eigenvalue weighted by atomic mass is 9.95. The number of rotatable bonds is 10. The summed E-state index contributed by atoms with van der Waals surface area (Å²) >= 11 is 7.31.